The van der Waals surface area contributed by atoms with Crippen LogP contribution >= 0.6 is 15.9 Å². The summed E-state index contributed by atoms with van der Waals surface area (Å²) in [4.78, 5) is 0.896. The molecule has 3 nitrogen and oxygen atoms in total. The molecule has 0 bridgehead atoms. The summed E-state index contributed by atoms with van der Waals surface area (Å²) < 4.78 is 79.8. The minimum atomic E-state index is -5.01. The van der Waals surface area contributed by atoms with E-state index >= 15 is 0 Å². The van der Waals surface area contributed by atoms with Gasteiger partial charge in [-0.2, -0.15) is 26.3 Å². The summed E-state index contributed by atoms with van der Waals surface area (Å²) in [5.74, 6) is -1.04. The van der Waals surface area contributed by atoms with Crippen LogP contribution < -0.4 is 5.32 Å². The van der Waals surface area contributed by atoms with Crippen LogP contribution in [0.5, 0.6) is 5.75 Å². The van der Waals surface area contributed by atoms with Crippen molar-refractivity contribution in [1.82, 2.24) is 10.2 Å². The second-order valence-electron chi connectivity index (χ2n) is 5.09. The van der Waals surface area contributed by atoms with Crippen LogP contribution in [-0.4, -0.2) is 42.4 Å². The maximum atomic E-state index is 13.5. The van der Waals surface area contributed by atoms with E-state index in [1.165, 1.54) is 0 Å². The smallest absolute Gasteiger partial charge is 0.416 e. The van der Waals surface area contributed by atoms with Gasteiger partial charge in [-0.05, 0) is 28.1 Å². The van der Waals surface area contributed by atoms with E-state index in [9.17, 15) is 31.4 Å². The monoisotopic (exact) mass is 406 g/mol. The Kier molecular flexibility index (Phi) is 5.17. The number of phenolic OH excluding ortho intramolecular Hbond substituents is 1. The maximum absolute atomic E-state index is 13.5. The van der Waals surface area contributed by atoms with E-state index in [2.05, 4.69) is 21.2 Å². The lowest BCUT2D eigenvalue weighted by molar-refractivity contribution is -0.191. The number of phenols is 1. The molecule has 1 heterocycles. The van der Waals surface area contributed by atoms with Gasteiger partial charge in [-0.25, -0.2) is 0 Å². The van der Waals surface area contributed by atoms with Crippen LogP contribution in [0.25, 0.3) is 0 Å². The summed E-state index contributed by atoms with van der Waals surface area (Å²) in [6, 6.07) is -1.11. The van der Waals surface area contributed by atoms with E-state index in [1.54, 1.807) is 0 Å². The molecule has 23 heavy (non-hydrogen) atoms. The Hall–Kier alpha value is -1.00. The molecule has 1 atom stereocenters. The number of halogens is 7. The summed E-state index contributed by atoms with van der Waals surface area (Å²) in [7, 11) is 0. The molecular weight excluding hydrogens is 394 g/mol. The number of nitrogens with zero attached hydrogens (tertiary/aromatic N) is 1. The Labute approximate surface area is 136 Å². The molecule has 1 aromatic rings. The predicted molar refractivity (Wildman–Crippen MR) is 74.0 cm³/mol. The highest BCUT2D eigenvalue weighted by Gasteiger charge is 2.50. The van der Waals surface area contributed by atoms with Crippen molar-refractivity contribution in [1.29, 1.82) is 0 Å². The van der Waals surface area contributed by atoms with Crippen molar-refractivity contribution in [2.24, 2.45) is 0 Å². The van der Waals surface area contributed by atoms with Gasteiger partial charge in [0.15, 0.2) is 0 Å². The first-order chi connectivity index (χ1) is 10.5. The van der Waals surface area contributed by atoms with Crippen molar-refractivity contribution >= 4 is 15.9 Å². The van der Waals surface area contributed by atoms with Gasteiger partial charge >= 0.3 is 12.4 Å². The molecule has 0 saturated carbocycles. The van der Waals surface area contributed by atoms with Gasteiger partial charge < -0.3 is 10.4 Å². The number of hydrogen-bond acceptors (Lipinski definition) is 3. The Morgan fingerprint density at radius 1 is 1.09 bits per heavy atom. The number of rotatable bonds is 2. The summed E-state index contributed by atoms with van der Waals surface area (Å²) in [6.45, 7) is 0.298. The minimum absolute atomic E-state index is 0.0760. The van der Waals surface area contributed by atoms with Crippen molar-refractivity contribution in [3.05, 3.63) is 27.7 Å². The third-order valence-electron chi connectivity index (χ3n) is 3.57. The molecule has 0 radical (unpaired) electrons. The molecule has 0 aromatic heterocycles. The number of alkyl halides is 6. The molecule has 2 N–H and O–H groups in total. The van der Waals surface area contributed by atoms with Gasteiger partial charge in [0.1, 0.15) is 11.8 Å². The van der Waals surface area contributed by atoms with Crippen molar-refractivity contribution in [2.75, 3.05) is 26.2 Å². The molecule has 1 saturated heterocycles. The fraction of sp³-hybridized carbons (Fsp3) is 0.538. The van der Waals surface area contributed by atoms with E-state index in [4.69, 9.17) is 0 Å². The topological polar surface area (TPSA) is 35.5 Å². The van der Waals surface area contributed by atoms with Gasteiger partial charge in [0.05, 0.1) is 10.0 Å². The molecule has 0 spiro atoms. The number of aromatic hydroxyl groups is 1. The van der Waals surface area contributed by atoms with E-state index in [0.717, 1.165) is 11.0 Å². The van der Waals surface area contributed by atoms with Gasteiger partial charge in [0.25, 0.3) is 0 Å². The van der Waals surface area contributed by atoms with Crippen molar-refractivity contribution in [3.8, 4) is 5.75 Å². The maximum Gasteiger partial charge on any atom is 0.416 e. The van der Waals surface area contributed by atoms with Gasteiger partial charge in [-0.15, -0.1) is 0 Å². The van der Waals surface area contributed by atoms with Crippen LogP contribution in [0.4, 0.5) is 26.3 Å². The molecule has 0 aliphatic carbocycles. The van der Waals surface area contributed by atoms with E-state index in [1.807, 2.05) is 0 Å². The average molecular weight is 407 g/mol. The predicted octanol–water partition coefficient (Wildman–Crippen LogP) is 3.68. The zero-order valence-electron chi connectivity index (χ0n) is 11.6. The number of hydrogen-bond donors (Lipinski definition) is 2. The summed E-state index contributed by atoms with van der Waals surface area (Å²) in [5.41, 5.74) is -2.65. The average Bonchev–Trinajstić information content (AvgIpc) is 2.42. The lowest BCUT2D eigenvalue weighted by Crippen LogP contribution is -2.49. The van der Waals surface area contributed by atoms with Gasteiger partial charge in [-0.1, -0.05) is 0 Å². The largest absolute Gasteiger partial charge is 0.506 e. The highest BCUT2D eigenvalue weighted by molar-refractivity contribution is 9.10. The second-order valence-corrected chi connectivity index (χ2v) is 5.94. The SMILES string of the molecule is Oc1c(Br)ccc(C(F)(F)F)c1[C@H](N1CCNCC1)C(F)(F)F. The Bertz CT molecular complexity index is 569. The van der Waals surface area contributed by atoms with Gasteiger partial charge in [0, 0.05) is 31.7 Å². The van der Waals surface area contributed by atoms with E-state index in [0.29, 0.717) is 6.07 Å². The van der Waals surface area contributed by atoms with Crippen molar-refractivity contribution < 1.29 is 31.4 Å². The Balaban J connectivity index is 2.64. The fourth-order valence-electron chi connectivity index (χ4n) is 2.60. The van der Waals surface area contributed by atoms with Crippen LogP contribution in [0.3, 0.4) is 0 Å². The molecule has 0 unspecified atom stereocenters. The number of piperazine rings is 1. The zero-order valence-corrected chi connectivity index (χ0v) is 13.2. The van der Waals surface area contributed by atoms with Gasteiger partial charge in [0.2, 0.25) is 0 Å². The summed E-state index contributed by atoms with van der Waals surface area (Å²) in [6.07, 6.45) is -9.97. The highest BCUT2D eigenvalue weighted by atomic mass is 79.9. The van der Waals surface area contributed by atoms with Crippen LogP contribution in [0.1, 0.15) is 17.2 Å². The Morgan fingerprint density at radius 3 is 2.13 bits per heavy atom. The molecule has 2 rings (SSSR count). The second kappa shape index (κ2) is 6.48. The molecule has 130 valence electrons. The van der Waals surface area contributed by atoms with Crippen LogP contribution in [0.2, 0.25) is 0 Å². The quantitative estimate of drug-likeness (QED) is 0.735. The third kappa shape index (κ3) is 3.92. The molecule has 0 amide bonds. The summed E-state index contributed by atoms with van der Waals surface area (Å²) >= 11 is 2.79. The van der Waals surface area contributed by atoms with E-state index in [-0.39, 0.29) is 30.7 Å². The first kappa shape index (κ1) is 18.3. The summed E-state index contributed by atoms with van der Waals surface area (Å²) in [5, 5.41) is 12.8. The lowest BCUT2D eigenvalue weighted by Gasteiger charge is -2.37. The van der Waals surface area contributed by atoms with Crippen LogP contribution in [0, 0.1) is 0 Å². The van der Waals surface area contributed by atoms with Crippen molar-refractivity contribution in [3.63, 3.8) is 0 Å². The minimum Gasteiger partial charge on any atom is -0.506 e. The standard InChI is InChI=1S/C13H13BrF6N2O/c14-8-2-1-7(12(15,16)17)9(10(8)23)11(13(18,19)20)22-5-3-21-4-6-22/h1-2,11,21,23H,3-6H2/t11-/m0/s1. The van der Waals surface area contributed by atoms with Crippen molar-refractivity contribution in [2.45, 2.75) is 18.4 Å². The normalized spacial score (nSPS) is 18.9. The van der Waals surface area contributed by atoms with Crippen LogP contribution in [-0.2, 0) is 6.18 Å². The molecule has 1 aliphatic rings. The van der Waals surface area contributed by atoms with E-state index < -0.39 is 35.3 Å². The number of benzene rings is 1. The third-order valence-corrected chi connectivity index (χ3v) is 4.21. The fourth-order valence-corrected chi connectivity index (χ4v) is 2.94. The molecule has 1 fully saturated rings. The lowest BCUT2D eigenvalue weighted by atomic mass is 9.96. The highest BCUT2D eigenvalue weighted by Crippen LogP contribution is 2.48. The van der Waals surface area contributed by atoms with Crippen LogP contribution in [0.15, 0.2) is 16.6 Å². The first-order valence-electron chi connectivity index (χ1n) is 6.63. The molecule has 10 heteroatoms. The van der Waals surface area contributed by atoms with Gasteiger partial charge in [-0.3, -0.25) is 4.90 Å². The molecule has 1 aromatic carbocycles. The molecular formula is C13H13BrF6N2O. The molecule has 1 aliphatic heterocycles. The number of nitrogens with one attached hydrogen (secondary N) is 1. The zero-order chi connectivity index (χ0) is 17.4. The Morgan fingerprint density at radius 2 is 1.65 bits per heavy atom. The first-order valence-corrected chi connectivity index (χ1v) is 7.43.